The van der Waals surface area contributed by atoms with E-state index in [1.54, 1.807) is 12.1 Å². The molecule has 1 heterocycles. The van der Waals surface area contributed by atoms with Gasteiger partial charge in [0.05, 0.1) is 5.92 Å². The van der Waals surface area contributed by atoms with Gasteiger partial charge in [0.25, 0.3) is 11.6 Å². The summed E-state index contributed by atoms with van der Waals surface area (Å²) in [6.45, 7) is 3.74. The maximum atomic E-state index is 13.8. The van der Waals surface area contributed by atoms with Gasteiger partial charge in [-0.2, -0.15) is 23.3 Å². The van der Waals surface area contributed by atoms with Crippen molar-refractivity contribution in [1.82, 2.24) is 5.01 Å². The molecule has 1 amide bonds. The largest absolute Gasteiger partial charge is 0.439 e. The molecule has 3 rings (SSSR count). The van der Waals surface area contributed by atoms with Crippen molar-refractivity contribution in [3.8, 4) is 0 Å². The van der Waals surface area contributed by atoms with Gasteiger partial charge in [-0.15, -0.1) is 0 Å². The quantitative estimate of drug-likeness (QED) is 0.876. The van der Waals surface area contributed by atoms with Crippen LogP contribution in [-0.4, -0.2) is 33.6 Å². The lowest BCUT2D eigenvalue weighted by atomic mass is 9.74. The molecule has 0 spiro atoms. The van der Waals surface area contributed by atoms with Crippen LogP contribution in [0.25, 0.3) is 0 Å². The Kier molecular flexibility index (Phi) is 4.39. The molecule has 1 aromatic carbocycles. The summed E-state index contributed by atoms with van der Waals surface area (Å²) in [5.41, 5.74) is -2.05. The van der Waals surface area contributed by atoms with Crippen LogP contribution in [0.1, 0.15) is 48.5 Å². The van der Waals surface area contributed by atoms with Crippen LogP contribution in [0.4, 0.5) is 13.2 Å². The number of benzene rings is 1. The van der Waals surface area contributed by atoms with Crippen molar-refractivity contribution in [1.29, 1.82) is 0 Å². The monoisotopic (exact) mass is 354 g/mol. The Hall–Kier alpha value is -1.89. The second-order valence-corrected chi connectivity index (χ2v) is 6.90. The highest BCUT2D eigenvalue weighted by atomic mass is 19.4. The smallest absolute Gasteiger partial charge is 0.362 e. The molecule has 0 saturated heterocycles. The number of aliphatic hydroxyl groups is 1. The summed E-state index contributed by atoms with van der Waals surface area (Å²) >= 11 is 0. The van der Waals surface area contributed by atoms with Crippen molar-refractivity contribution in [3.05, 3.63) is 35.4 Å². The number of aryl methyl sites for hydroxylation is 1. The number of nitrogens with zero attached hydrogens (tertiary/aromatic N) is 2. The fourth-order valence-corrected chi connectivity index (χ4v) is 3.69. The first-order valence-electron chi connectivity index (χ1n) is 8.46. The van der Waals surface area contributed by atoms with E-state index in [0.29, 0.717) is 6.42 Å². The lowest BCUT2D eigenvalue weighted by molar-refractivity contribution is -0.313. The highest BCUT2D eigenvalue weighted by Crippen LogP contribution is 2.49. The first-order valence-corrected chi connectivity index (χ1v) is 8.46. The van der Waals surface area contributed by atoms with E-state index in [1.165, 1.54) is 12.1 Å². The number of hydrazone groups is 1. The van der Waals surface area contributed by atoms with Crippen molar-refractivity contribution in [2.24, 2.45) is 16.9 Å². The Morgan fingerprint density at radius 2 is 2.00 bits per heavy atom. The summed E-state index contributed by atoms with van der Waals surface area (Å²) in [6, 6.07) is 6.18. The topological polar surface area (TPSA) is 52.9 Å². The second-order valence-electron chi connectivity index (χ2n) is 6.90. The molecule has 1 aliphatic carbocycles. The minimum Gasteiger partial charge on any atom is -0.362 e. The van der Waals surface area contributed by atoms with Gasteiger partial charge in [0.2, 0.25) is 0 Å². The Labute approximate surface area is 144 Å². The SMILES string of the molecule is CC[C@@H]1CCC2=NN(C(=O)c3ccc(C)cc3)[C@](O)(C(F)(F)F)[C@H]2C1. The molecule has 1 fully saturated rings. The van der Waals surface area contributed by atoms with Crippen LogP contribution >= 0.6 is 0 Å². The van der Waals surface area contributed by atoms with Gasteiger partial charge in [-0.1, -0.05) is 31.0 Å². The van der Waals surface area contributed by atoms with Crippen molar-refractivity contribution in [2.75, 3.05) is 0 Å². The number of carbonyl (C=O) groups excluding carboxylic acids is 1. The van der Waals surface area contributed by atoms with Gasteiger partial charge in [-0.05, 0) is 44.2 Å². The van der Waals surface area contributed by atoms with E-state index in [9.17, 15) is 23.1 Å². The zero-order chi connectivity index (χ0) is 18.4. The number of alkyl halides is 3. The molecular weight excluding hydrogens is 333 g/mol. The van der Waals surface area contributed by atoms with Crippen LogP contribution in [0.3, 0.4) is 0 Å². The molecule has 0 bridgehead atoms. The highest BCUT2D eigenvalue weighted by molar-refractivity contribution is 5.99. The van der Waals surface area contributed by atoms with Gasteiger partial charge < -0.3 is 5.11 Å². The third-order valence-corrected chi connectivity index (χ3v) is 5.30. The number of rotatable bonds is 2. The molecule has 0 radical (unpaired) electrons. The van der Waals surface area contributed by atoms with Gasteiger partial charge >= 0.3 is 6.18 Å². The van der Waals surface area contributed by atoms with Gasteiger partial charge in [0, 0.05) is 11.3 Å². The Morgan fingerprint density at radius 3 is 2.56 bits per heavy atom. The van der Waals surface area contributed by atoms with E-state index in [1.807, 2.05) is 13.8 Å². The average Bonchev–Trinajstić information content (AvgIpc) is 2.88. The summed E-state index contributed by atoms with van der Waals surface area (Å²) < 4.78 is 41.5. The normalized spacial score (nSPS) is 29.4. The Morgan fingerprint density at radius 1 is 1.36 bits per heavy atom. The molecule has 0 aromatic heterocycles. The second kappa shape index (κ2) is 6.12. The zero-order valence-electron chi connectivity index (χ0n) is 14.2. The Bertz CT molecular complexity index is 699. The van der Waals surface area contributed by atoms with Crippen molar-refractivity contribution in [2.45, 2.75) is 51.4 Å². The third-order valence-electron chi connectivity index (χ3n) is 5.30. The van der Waals surface area contributed by atoms with E-state index in [0.717, 1.165) is 18.4 Å². The van der Waals surface area contributed by atoms with Crippen LogP contribution in [0, 0.1) is 18.8 Å². The van der Waals surface area contributed by atoms with E-state index < -0.39 is 23.7 Å². The van der Waals surface area contributed by atoms with Gasteiger partial charge in [-0.3, -0.25) is 4.79 Å². The molecule has 1 saturated carbocycles. The first kappa shape index (κ1) is 17.9. The zero-order valence-corrected chi connectivity index (χ0v) is 14.2. The minimum absolute atomic E-state index is 0.0725. The summed E-state index contributed by atoms with van der Waals surface area (Å²) in [5, 5.41) is 14.8. The fraction of sp³-hybridized carbons (Fsp3) is 0.556. The molecule has 1 aliphatic heterocycles. The van der Waals surface area contributed by atoms with E-state index >= 15 is 0 Å². The molecule has 25 heavy (non-hydrogen) atoms. The van der Waals surface area contributed by atoms with Crippen molar-refractivity contribution < 1.29 is 23.1 Å². The molecule has 1 N–H and O–H groups in total. The van der Waals surface area contributed by atoms with E-state index in [2.05, 4.69) is 5.10 Å². The lowest BCUT2D eigenvalue weighted by Crippen LogP contribution is -2.61. The summed E-state index contributed by atoms with van der Waals surface area (Å²) in [7, 11) is 0. The molecule has 1 aromatic rings. The molecule has 3 atom stereocenters. The maximum absolute atomic E-state index is 13.8. The first-order chi connectivity index (χ1) is 11.7. The van der Waals surface area contributed by atoms with Crippen molar-refractivity contribution in [3.63, 3.8) is 0 Å². The van der Waals surface area contributed by atoms with Gasteiger partial charge in [0.15, 0.2) is 0 Å². The third kappa shape index (κ3) is 2.84. The van der Waals surface area contributed by atoms with Crippen LogP contribution in [0.5, 0.6) is 0 Å². The average molecular weight is 354 g/mol. The Balaban J connectivity index is 2.01. The number of carbonyl (C=O) groups is 1. The molecule has 4 nitrogen and oxygen atoms in total. The van der Waals surface area contributed by atoms with Crippen LogP contribution < -0.4 is 0 Å². The van der Waals surface area contributed by atoms with Crippen LogP contribution in [0.2, 0.25) is 0 Å². The molecule has 136 valence electrons. The van der Waals surface area contributed by atoms with E-state index in [-0.39, 0.29) is 28.6 Å². The lowest BCUT2D eigenvalue weighted by Gasteiger charge is -2.39. The molecule has 2 aliphatic rings. The number of amides is 1. The summed E-state index contributed by atoms with van der Waals surface area (Å²) in [4.78, 5) is 12.7. The predicted molar refractivity (Wildman–Crippen MR) is 86.9 cm³/mol. The molecular formula is C18H21F3N2O2. The standard InChI is InChI=1S/C18H21F3N2O2/c1-3-12-6-9-15-14(10-12)17(25,18(19,20)21)23(22-15)16(24)13-7-4-11(2)5-8-13/h4-5,7-8,12,14,25H,3,6,9-10H2,1-2H3/t12-,14+,17-/m1/s1. The van der Waals surface area contributed by atoms with E-state index in [4.69, 9.17) is 0 Å². The maximum Gasteiger partial charge on any atom is 0.439 e. The predicted octanol–water partition coefficient (Wildman–Crippen LogP) is 3.88. The number of hydrogen-bond donors (Lipinski definition) is 1. The van der Waals surface area contributed by atoms with Gasteiger partial charge in [0.1, 0.15) is 0 Å². The van der Waals surface area contributed by atoms with Crippen LogP contribution in [0.15, 0.2) is 29.4 Å². The number of halogens is 3. The summed E-state index contributed by atoms with van der Waals surface area (Å²) in [6.07, 6.45) is -2.96. The minimum atomic E-state index is -4.99. The molecule has 0 unspecified atom stereocenters. The summed E-state index contributed by atoms with van der Waals surface area (Å²) in [5.74, 6) is -2.04. The fourth-order valence-electron chi connectivity index (χ4n) is 3.69. The number of fused-ring (bicyclic) bond motifs is 1. The van der Waals surface area contributed by atoms with Crippen molar-refractivity contribution >= 4 is 11.6 Å². The number of hydrogen-bond acceptors (Lipinski definition) is 3. The van der Waals surface area contributed by atoms with Gasteiger partial charge in [-0.25, -0.2) is 0 Å². The van der Waals surface area contributed by atoms with Crippen LogP contribution in [-0.2, 0) is 0 Å². The highest BCUT2D eigenvalue weighted by Gasteiger charge is 2.68. The molecule has 7 heteroatoms.